The van der Waals surface area contributed by atoms with Crippen molar-refractivity contribution in [3.8, 4) is 0 Å². The van der Waals surface area contributed by atoms with Gasteiger partial charge in [0, 0.05) is 25.9 Å². The standard InChI is InChI=1S/C26H31FN2O5/c1-3-34-26(32)21-7-5-13-28(17-21)24(30)15-20-6-4-8-23(14-20)29(25(31)18-33-2)16-19-9-11-22(27)12-10-19/h4,6,8-12,14,21H,3,5,7,13,15-18H2,1-2H3. The van der Waals surface area contributed by atoms with Crippen LogP contribution in [0, 0.1) is 11.7 Å². The van der Waals surface area contributed by atoms with Gasteiger partial charge in [0.2, 0.25) is 5.91 Å². The minimum Gasteiger partial charge on any atom is -0.466 e. The topological polar surface area (TPSA) is 76.2 Å². The third-order valence-electron chi connectivity index (χ3n) is 5.79. The van der Waals surface area contributed by atoms with E-state index in [2.05, 4.69) is 0 Å². The van der Waals surface area contributed by atoms with Crippen molar-refractivity contribution in [1.29, 1.82) is 0 Å². The summed E-state index contributed by atoms with van der Waals surface area (Å²) in [7, 11) is 1.45. The number of piperidine rings is 1. The summed E-state index contributed by atoms with van der Waals surface area (Å²) in [6.07, 6.45) is 1.64. The van der Waals surface area contributed by atoms with Gasteiger partial charge in [0.05, 0.1) is 25.5 Å². The smallest absolute Gasteiger partial charge is 0.310 e. The lowest BCUT2D eigenvalue weighted by Gasteiger charge is -2.31. The second-order valence-electron chi connectivity index (χ2n) is 8.32. The highest BCUT2D eigenvalue weighted by molar-refractivity contribution is 5.94. The number of methoxy groups -OCH3 is 1. The fourth-order valence-corrected chi connectivity index (χ4v) is 4.07. The number of hydrogen-bond donors (Lipinski definition) is 0. The first-order chi connectivity index (χ1) is 16.4. The molecular weight excluding hydrogens is 439 g/mol. The molecule has 1 unspecified atom stereocenters. The number of carbonyl (C=O) groups is 3. The Morgan fingerprint density at radius 1 is 1.12 bits per heavy atom. The highest BCUT2D eigenvalue weighted by atomic mass is 19.1. The van der Waals surface area contributed by atoms with Crippen LogP contribution in [0.1, 0.15) is 30.9 Å². The zero-order valence-electron chi connectivity index (χ0n) is 19.7. The van der Waals surface area contributed by atoms with Crippen LogP contribution in [0.4, 0.5) is 10.1 Å². The summed E-state index contributed by atoms with van der Waals surface area (Å²) in [5.74, 6) is -1.21. The number of carbonyl (C=O) groups excluding carboxylic acids is 3. The summed E-state index contributed by atoms with van der Waals surface area (Å²) in [6, 6.07) is 13.2. The van der Waals surface area contributed by atoms with E-state index < -0.39 is 0 Å². The minimum atomic E-state index is -0.345. The zero-order chi connectivity index (χ0) is 24.5. The molecule has 0 radical (unpaired) electrons. The maximum Gasteiger partial charge on any atom is 0.310 e. The van der Waals surface area contributed by atoms with Crippen LogP contribution >= 0.6 is 0 Å². The molecule has 0 saturated carbocycles. The summed E-state index contributed by atoms with van der Waals surface area (Å²) >= 11 is 0. The molecule has 2 amide bonds. The zero-order valence-corrected chi connectivity index (χ0v) is 19.7. The van der Waals surface area contributed by atoms with Crippen LogP contribution < -0.4 is 4.90 Å². The van der Waals surface area contributed by atoms with Crippen LogP contribution in [0.15, 0.2) is 48.5 Å². The fourth-order valence-electron chi connectivity index (χ4n) is 4.07. The highest BCUT2D eigenvalue weighted by Gasteiger charge is 2.29. The van der Waals surface area contributed by atoms with Crippen LogP contribution in [0.25, 0.3) is 0 Å². The molecule has 1 heterocycles. The molecule has 0 N–H and O–H groups in total. The summed E-state index contributed by atoms with van der Waals surface area (Å²) in [6.45, 7) is 3.21. The van der Waals surface area contributed by atoms with Crippen molar-refractivity contribution in [3.05, 3.63) is 65.5 Å². The lowest BCUT2D eigenvalue weighted by atomic mass is 9.97. The van der Waals surface area contributed by atoms with Crippen molar-refractivity contribution in [1.82, 2.24) is 4.90 Å². The van der Waals surface area contributed by atoms with Gasteiger partial charge in [0.25, 0.3) is 5.91 Å². The Labute approximate surface area is 199 Å². The van der Waals surface area contributed by atoms with Crippen LogP contribution in [-0.4, -0.2) is 56.1 Å². The van der Waals surface area contributed by atoms with E-state index in [0.717, 1.165) is 24.0 Å². The number of rotatable bonds is 9. The predicted molar refractivity (Wildman–Crippen MR) is 126 cm³/mol. The summed E-state index contributed by atoms with van der Waals surface area (Å²) in [4.78, 5) is 41.1. The van der Waals surface area contributed by atoms with Gasteiger partial charge in [-0.25, -0.2) is 4.39 Å². The third kappa shape index (κ3) is 6.87. The number of anilines is 1. The Morgan fingerprint density at radius 2 is 1.88 bits per heavy atom. The van der Waals surface area contributed by atoms with E-state index in [9.17, 15) is 18.8 Å². The maximum atomic E-state index is 13.3. The van der Waals surface area contributed by atoms with Gasteiger partial charge in [0.1, 0.15) is 12.4 Å². The van der Waals surface area contributed by atoms with E-state index in [1.165, 1.54) is 19.2 Å². The SMILES string of the molecule is CCOC(=O)C1CCCN(C(=O)Cc2cccc(N(Cc3ccc(F)cc3)C(=O)COC)c2)C1. The number of benzene rings is 2. The van der Waals surface area contributed by atoms with E-state index in [0.29, 0.717) is 25.4 Å². The Kier molecular flexibility index (Phi) is 9.16. The molecule has 0 spiro atoms. The first-order valence-electron chi connectivity index (χ1n) is 11.5. The molecular formula is C26H31FN2O5. The van der Waals surface area contributed by atoms with E-state index in [1.54, 1.807) is 41.0 Å². The lowest BCUT2D eigenvalue weighted by Crippen LogP contribution is -2.43. The average Bonchev–Trinajstić information content (AvgIpc) is 2.84. The molecule has 3 rings (SSSR count). The van der Waals surface area contributed by atoms with Gasteiger partial charge in [-0.15, -0.1) is 0 Å². The molecule has 0 aliphatic carbocycles. The van der Waals surface area contributed by atoms with Gasteiger partial charge in [-0.1, -0.05) is 24.3 Å². The normalized spacial score (nSPS) is 15.6. The van der Waals surface area contributed by atoms with E-state index in [-0.39, 0.29) is 49.1 Å². The van der Waals surface area contributed by atoms with Gasteiger partial charge in [-0.05, 0) is 55.2 Å². The van der Waals surface area contributed by atoms with Gasteiger partial charge in [-0.2, -0.15) is 0 Å². The average molecular weight is 471 g/mol. The molecule has 1 fully saturated rings. The van der Waals surface area contributed by atoms with Crippen LogP contribution in [-0.2, 0) is 36.8 Å². The number of hydrogen-bond acceptors (Lipinski definition) is 5. The number of likely N-dealkylation sites (tertiary alicyclic amines) is 1. The van der Waals surface area contributed by atoms with Crippen molar-refractivity contribution in [3.63, 3.8) is 0 Å². The quantitative estimate of drug-likeness (QED) is 0.526. The van der Waals surface area contributed by atoms with E-state index in [4.69, 9.17) is 9.47 Å². The Hall–Kier alpha value is -3.26. The highest BCUT2D eigenvalue weighted by Crippen LogP contribution is 2.22. The van der Waals surface area contributed by atoms with E-state index >= 15 is 0 Å². The number of esters is 1. The number of amides is 2. The first kappa shape index (κ1) is 25.4. The minimum absolute atomic E-state index is 0.0700. The predicted octanol–water partition coefficient (Wildman–Crippen LogP) is 3.35. The molecule has 34 heavy (non-hydrogen) atoms. The van der Waals surface area contributed by atoms with Gasteiger partial charge >= 0.3 is 5.97 Å². The molecule has 1 atom stereocenters. The summed E-state index contributed by atoms with van der Waals surface area (Å²) in [5.41, 5.74) is 2.15. The molecule has 182 valence electrons. The van der Waals surface area contributed by atoms with Crippen molar-refractivity contribution in [2.75, 3.05) is 38.3 Å². The van der Waals surface area contributed by atoms with Gasteiger partial charge in [0.15, 0.2) is 0 Å². The largest absolute Gasteiger partial charge is 0.466 e. The molecule has 0 aromatic heterocycles. The van der Waals surface area contributed by atoms with E-state index in [1.807, 2.05) is 12.1 Å². The lowest BCUT2D eigenvalue weighted by molar-refractivity contribution is -0.151. The number of halogens is 1. The van der Waals surface area contributed by atoms with Gasteiger partial charge < -0.3 is 19.3 Å². The molecule has 2 aromatic carbocycles. The second-order valence-corrected chi connectivity index (χ2v) is 8.32. The molecule has 1 saturated heterocycles. The molecule has 2 aromatic rings. The van der Waals surface area contributed by atoms with Gasteiger partial charge in [-0.3, -0.25) is 14.4 Å². The Bertz CT molecular complexity index is 995. The molecule has 1 aliphatic heterocycles. The van der Waals surface area contributed by atoms with Crippen molar-refractivity contribution < 1.29 is 28.2 Å². The first-order valence-corrected chi connectivity index (χ1v) is 11.5. The Morgan fingerprint density at radius 3 is 2.59 bits per heavy atom. The fraction of sp³-hybridized carbons (Fsp3) is 0.423. The molecule has 7 nitrogen and oxygen atoms in total. The van der Waals surface area contributed by atoms with Crippen molar-refractivity contribution in [2.45, 2.75) is 32.7 Å². The Balaban J connectivity index is 1.73. The van der Waals surface area contributed by atoms with Crippen molar-refractivity contribution >= 4 is 23.5 Å². The molecule has 8 heteroatoms. The molecule has 1 aliphatic rings. The number of ether oxygens (including phenoxy) is 2. The number of nitrogens with zero attached hydrogens (tertiary/aromatic N) is 2. The summed E-state index contributed by atoms with van der Waals surface area (Å²) in [5, 5.41) is 0. The van der Waals surface area contributed by atoms with Crippen LogP contribution in [0.3, 0.4) is 0 Å². The molecule has 0 bridgehead atoms. The maximum absolute atomic E-state index is 13.3. The monoisotopic (exact) mass is 470 g/mol. The van der Waals surface area contributed by atoms with Crippen LogP contribution in [0.2, 0.25) is 0 Å². The summed E-state index contributed by atoms with van der Waals surface area (Å²) < 4.78 is 23.5. The second kappa shape index (κ2) is 12.3. The third-order valence-corrected chi connectivity index (χ3v) is 5.79. The van der Waals surface area contributed by atoms with Crippen molar-refractivity contribution in [2.24, 2.45) is 5.92 Å². The van der Waals surface area contributed by atoms with Crippen LogP contribution in [0.5, 0.6) is 0 Å².